The van der Waals surface area contributed by atoms with Crippen LogP contribution < -0.4 is 10.8 Å². The topological polar surface area (TPSA) is 26.0 Å². The summed E-state index contributed by atoms with van der Waals surface area (Å²) < 4.78 is 5.24. The van der Waals surface area contributed by atoms with Crippen molar-refractivity contribution in [3.05, 3.63) is 28.8 Å². The molecular formula is C9H11NO. The van der Waals surface area contributed by atoms with E-state index in [4.69, 9.17) is 4.42 Å². The van der Waals surface area contributed by atoms with Gasteiger partial charge < -0.3 is 4.42 Å². The summed E-state index contributed by atoms with van der Waals surface area (Å²) in [5.41, 5.74) is 1.64. The van der Waals surface area contributed by atoms with Crippen LogP contribution in [0.3, 0.4) is 0 Å². The Labute approximate surface area is 65.6 Å². The minimum atomic E-state index is 0.641. The van der Waals surface area contributed by atoms with Crippen LogP contribution >= 0.6 is 0 Å². The van der Waals surface area contributed by atoms with Gasteiger partial charge in [0.05, 0.1) is 0 Å². The molecule has 2 heteroatoms. The molecule has 0 unspecified atom stereocenters. The molecule has 0 aliphatic rings. The Morgan fingerprint density at radius 2 is 2.27 bits per heavy atom. The largest absolute Gasteiger partial charge is 0.441 e. The van der Waals surface area contributed by atoms with Gasteiger partial charge in [-0.1, -0.05) is 18.7 Å². The first kappa shape index (κ1) is 7.79. The second-order valence-electron chi connectivity index (χ2n) is 2.53. The van der Waals surface area contributed by atoms with Crippen molar-refractivity contribution in [3.63, 3.8) is 0 Å². The maximum absolute atomic E-state index is 5.24. The predicted molar refractivity (Wildman–Crippen MR) is 45.3 cm³/mol. The number of hydrogen-bond acceptors (Lipinski definition) is 2. The van der Waals surface area contributed by atoms with E-state index in [0.29, 0.717) is 16.7 Å². The Morgan fingerprint density at radius 1 is 1.64 bits per heavy atom. The zero-order chi connectivity index (χ0) is 8.43. The molecule has 0 bridgehead atoms. The average Bonchev–Trinajstić information content (AvgIpc) is 2.09. The minimum absolute atomic E-state index is 0.641. The monoisotopic (exact) mass is 149 g/mol. The van der Waals surface area contributed by atoms with Crippen LogP contribution in [0.1, 0.15) is 12.8 Å². The lowest BCUT2D eigenvalue weighted by Gasteiger charge is -1.79. The van der Waals surface area contributed by atoms with E-state index in [1.165, 1.54) is 0 Å². The summed E-state index contributed by atoms with van der Waals surface area (Å²) >= 11 is 0. The Hall–Kier alpha value is -1.31. The van der Waals surface area contributed by atoms with Gasteiger partial charge in [-0.15, -0.1) is 0 Å². The molecule has 0 aliphatic heterocycles. The zero-order valence-electron chi connectivity index (χ0n) is 6.85. The van der Waals surface area contributed by atoms with Crippen molar-refractivity contribution in [3.8, 4) is 0 Å². The molecule has 58 valence electrons. The molecule has 0 spiro atoms. The molecule has 0 radical (unpaired) electrons. The molecule has 11 heavy (non-hydrogen) atoms. The molecule has 2 nitrogen and oxygen atoms in total. The Kier molecular flexibility index (Phi) is 1.94. The van der Waals surface area contributed by atoms with E-state index in [1.54, 1.807) is 6.92 Å². The third kappa shape index (κ3) is 1.80. The first-order valence-electron chi connectivity index (χ1n) is 3.39. The third-order valence-corrected chi connectivity index (χ3v) is 1.21. The molecule has 0 aromatic carbocycles. The van der Waals surface area contributed by atoms with Gasteiger partial charge >= 0.3 is 0 Å². The van der Waals surface area contributed by atoms with Gasteiger partial charge in [-0.2, -0.15) is 0 Å². The van der Waals surface area contributed by atoms with Crippen molar-refractivity contribution in [1.82, 2.24) is 4.98 Å². The van der Waals surface area contributed by atoms with Crippen LogP contribution in [0.5, 0.6) is 0 Å². The van der Waals surface area contributed by atoms with Crippen molar-refractivity contribution in [1.29, 1.82) is 0 Å². The van der Waals surface area contributed by atoms with Gasteiger partial charge in [0.15, 0.2) is 11.3 Å². The Bertz CT molecular complexity index is 373. The smallest absolute Gasteiger partial charge is 0.192 e. The fraction of sp³-hybridized carbons (Fsp3) is 0.222. The minimum Gasteiger partial charge on any atom is -0.441 e. The van der Waals surface area contributed by atoms with Crippen molar-refractivity contribution in [2.24, 2.45) is 0 Å². The van der Waals surface area contributed by atoms with E-state index in [-0.39, 0.29) is 0 Å². The summed E-state index contributed by atoms with van der Waals surface area (Å²) in [5, 5.41) is 0.672. The van der Waals surface area contributed by atoms with Crippen LogP contribution in [0.4, 0.5) is 0 Å². The second-order valence-corrected chi connectivity index (χ2v) is 2.53. The molecule has 0 N–H and O–H groups in total. The molecule has 0 atom stereocenters. The number of hydrogen-bond donors (Lipinski definition) is 0. The summed E-state index contributed by atoms with van der Waals surface area (Å²) in [6.45, 7) is 11.1. The standard InChI is InChI=1S/C9H11NO/c1-6(2)5-9-7(3)10-8(4)11-9/h5H,1,3H2,2,4H3/b9-5+. The second kappa shape index (κ2) is 2.74. The van der Waals surface area contributed by atoms with E-state index < -0.39 is 0 Å². The molecule has 0 amide bonds. The summed E-state index contributed by atoms with van der Waals surface area (Å²) in [7, 11) is 0. The first-order valence-corrected chi connectivity index (χ1v) is 3.39. The van der Waals surface area contributed by atoms with Crippen molar-refractivity contribution >= 4 is 12.7 Å². The van der Waals surface area contributed by atoms with E-state index in [9.17, 15) is 0 Å². The SMILES string of the molecule is C=C(C)/C=c1/oc(C)nc1=C. The third-order valence-electron chi connectivity index (χ3n) is 1.21. The lowest BCUT2D eigenvalue weighted by molar-refractivity contribution is 0.492. The van der Waals surface area contributed by atoms with Gasteiger partial charge in [-0.3, -0.25) is 0 Å². The van der Waals surface area contributed by atoms with Crippen LogP contribution in [0.2, 0.25) is 0 Å². The molecule has 1 aromatic heterocycles. The van der Waals surface area contributed by atoms with Crippen LogP contribution in [-0.2, 0) is 0 Å². The summed E-state index contributed by atoms with van der Waals surface area (Å²) in [4.78, 5) is 4.01. The summed E-state index contributed by atoms with van der Waals surface area (Å²) in [6, 6.07) is 0. The number of aryl methyl sites for hydroxylation is 1. The fourth-order valence-electron chi connectivity index (χ4n) is 0.823. The normalized spacial score (nSPS) is 12.0. The first-order chi connectivity index (χ1) is 5.09. The quantitative estimate of drug-likeness (QED) is 0.589. The molecule has 1 aromatic rings. The van der Waals surface area contributed by atoms with Gasteiger partial charge in [0.1, 0.15) is 5.35 Å². The van der Waals surface area contributed by atoms with E-state index in [0.717, 1.165) is 5.57 Å². The lowest BCUT2D eigenvalue weighted by atomic mass is 10.3. The Balaban J connectivity index is 3.35. The van der Waals surface area contributed by atoms with Gasteiger partial charge in [0, 0.05) is 6.92 Å². The molecule has 0 saturated carbocycles. The molecule has 1 rings (SSSR count). The maximum atomic E-state index is 5.24. The maximum Gasteiger partial charge on any atom is 0.192 e. The van der Waals surface area contributed by atoms with E-state index >= 15 is 0 Å². The highest BCUT2D eigenvalue weighted by molar-refractivity contribution is 5.40. The number of aromatic nitrogens is 1. The van der Waals surface area contributed by atoms with Gasteiger partial charge in [-0.05, 0) is 13.0 Å². The highest BCUT2D eigenvalue weighted by Gasteiger charge is 1.91. The Morgan fingerprint density at radius 3 is 2.64 bits per heavy atom. The van der Waals surface area contributed by atoms with Crippen molar-refractivity contribution in [2.45, 2.75) is 13.8 Å². The highest BCUT2D eigenvalue weighted by Crippen LogP contribution is 1.86. The number of nitrogens with zero attached hydrogens (tertiary/aromatic N) is 1. The van der Waals surface area contributed by atoms with Crippen LogP contribution in [0.15, 0.2) is 16.6 Å². The number of rotatable bonds is 1. The van der Waals surface area contributed by atoms with Gasteiger partial charge in [0.2, 0.25) is 0 Å². The van der Waals surface area contributed by atoms with E-state index in [2.05, 4.69) is 18.1 Å². The van der Waals surface area contributed by atoms with Crippen molar-refractivity contribution < 1.29 is 4.42 Å². The molecule has 0 aliphatic carbocycles. The zero-order valence-corrected chi connectivity index (χ0v) is 6.85. The average molecular weight is 149 g/mol. The van der Waals surface area contributed by atoms with Crippen molar-refractivity contribution in [2.75, 3.05) is 0 Å². The number of allylic oxidation sites excluding steroid dienone is 1. The molecule has 0 fully saturated rings. The summed E-state index contributed by atoms with van der Waals surface area (Å²) in [5.74, 6) is 0.641. The number of oxazole rings is 1. The lowest BCUT2D eigenvalue weighted by Crippen LogP contribution is -2.19. The fourth-order valence-corrected chi connectivity index (χ4v) is 0.823. The van der Waals surface area contributed by atoms with Crippen LogP contribution in [-0.4, -0.2) is 4.98 Å². The van der Waals surface area contributed by atoms with Gasteiger partial charge in [-0.25, -0.2) is 4.98 Å². The van der Waals surface area contributed by atoms with Gasteiger partial charge in [0.25, 0.3) is 0 Å². The predicted octanol–water partition coefficient (Wildman–Crippen LogP) is 0.750. The highest BCUT2D eigenvalue weighted by atomic mass is 16.3. The molecular weight excluding hydrogens is 138 g/mol. The van der Waals surface area contributed by atoms with Crippen LogP contribution in [0, 0.1) is 6.92 Å². The molecule has 1 heterocycles. The molecule has 0 saturated heterocycles. The van der Waals surface area contributed by atoms with Crippen LogP contribution in [0.25, 0.3) is 12.7 Å². The van der Waals surface area contributed by atoms with E-state index in [1.807, 2.05) is 13.0 Å². The summed E-state index contributed by atoms with van der Waals surface area (Å²) in [6.07, 6.45) is 1.82.